The van der Waals surface area contributed by atoms with Gasteiger partial charge in [0, 0.05) is 18.9 Å². The fourth-order valence-electron chi connectivity index (χ4n) is 1.82. The number of nitrogens with one attached hydrogen (secondary N) is 1. The molecule has 2 unspecified atom stereocenters. The van der Waals surface area contributed by atoms with E-state index in [0.717, 1.165) is 18.8 Å². The highest BCUT2D eigenvalue weighted by Gasteiger charge is 2.22. The minimum atomic E-state index is 0.108. The van der Waals surface area contributed by atoms with Crippen molar-refractivity contribution in [1.82, 2.24) is 5.32 Å². The van der Waals surface area contributed by atoms with Crippen molar-refractivity contribution >= 4 is 5.91 Å². The van der Waals surface area contributed by atoms with Gasteiger partial charge in [-0.2, -0.15) is 0 Å². The summed E-state index contributed by atoms with van der Waals surface area (Å²) in [5, 5.41) is 3.01. The van der Waals surface area contributed by atoms with E-state index >= 15 is 0 Å². The van der Waals surface area contributed by atoms with Gasteiger partial charge in [0.25, 0.3) is 0 Å². The highest BCUT2D eigenvalue weighted by atomic mass is 16.1. The first-order valence-corrected chi connectivity index (χ1v) is 4.95. The molecule has 72 valence electrons. The lowest BCUT2D eigenvalue weighted by atomic mass is 10.1. The Morgan fingerprint density at radius 3 is 2.92 bits per heavy atom. The third-order valence-corrected chi connectivity index (χ3v) is 2.56. The highest BCUT2D eigenvalue weighted by molar-refractivity contribution is 5.76. The first-order valence-electron chi connectivity index (χ1n) is 4.95. The SMILES string of the molecule is C#CCCC(=O)NC1CCC(C)C1. The molecule has 0 spiro atoms. The van der Waals surface area contributed by atoms with Gasteiger partial charge in [-0.15, -0.1) is 12.3 Å². The number of terminal acetylenes is 1. The summed E-state index contributed by atoms with van der Waals surface area (Å²) in [6, 6.07) is 0.403. The minimum absolute atomic E-state index is 0.108. The van der Waals surface area contributed by atoms with Crippen LogP contribution in [-0.4, -0.2) is 11.9 Å². The molecule has 0 bridgehead atoms. The van der Waals surface area contributed by atoms with Crippen LogP contribution in [0, 0.1) is 18.3 Å². The predicted molar refractivity (Wildman–Crippen MR) is 53.0 cm³/mol. The Morgan fingerprint density at radius 2 is 2.38 bits per heavy atom. The summed E-state index contributed by atoms with van der Waals surface area (Å²) < 4.78 is 0. The van der Waals surface area contributed by atoms with Gasteiger partial charge in [0.1, 0.15) is 0 Å². The van der Waals surface area contributed by atoms with E-state index in [-0.39, 0.29) is 5.91 Å². The molecule has 0 aliphatic heterocycles. The van der Waals surface area contributed by atoms with Gasteiger partial charge in [-0.1, -0.05) is 6.92 Å². The van der Waals surface area contributed by atoms with Crippen LogP contribution < -0.4 is 5.32 Å². The zero-order chi connectivity index (χ0) is 9.68. The van der Waals surface area contributed by atoms with Crippen molar-refractivity contribution in [2.45, 2.75) is 45.1 Å². The van der Waals surface area contributed by atoms with E-state index in [4.69, 9.17) is 6.42 Å². The Balaban J connectivity index is 2.18. The number of hydrogen-bond acceptors (Lipinski definition) is 1. The lowest BCUT2D eigenvalue weighted by Crippen LogP contribution is -2.32. The van der Waals surface area contributed by atoms with E-state index in [9.17, 15) is 4.79 Å². The van der Waals surface area contributed by atoms with E-state index < -0.39 is 0 Å². The van der Waals surface area contributed by atoms with E-state index in [1.165, 1.54) is 6.42 Å². The van der Waals surface area contributed by atoms with Gasteiger partial charge in [-0.05, 0) is 25.2 Å². The van der Waals surface area contributed by atoms with Crippen LogP contribution in [0.1, 0.15) is 39.0 Å². The van der Waals surface area contributed by atoms with Crippen molar-refractivity contribution < 1.29 is 4.79 Å². The second-order valence-electron chi connectivity index (χ2n) is 3.89. The summed E-state index contributed by atoms with van der Waals surface area (Å²) in [6.07, 6.45) is 9.59. The van der Waals surface area contributed by atoms with Gasteiger partial charge in [0.15, 0.2) is 0 Å². The maximum Gasteiger partial charge on any atom is 0.221 e. The molecular weight excluding hydrogens is 162 g/mol. The Morgan fingerprint density at radius 1 is 1.62 bits per heavy atom. The third-order valence-electron chi connectivity index (χ3n) is 2.56. The van der Waals surface area contributed by atoms with Crippen molar-refractivity contribution in [3.63, 3.8) is 0 Å². The Labute approximate surface area is 80.1 Å². The number of amides is 1. The predicted octanol–water partition coefficient (Wildman–Crippen LogP) is 1.70. The van der Waals surface area contributed by atoms with E-state index in [1.807, 2.05) is 0 Å². The summed E-state index contributed by atoms with van der Waals surface area (Å²) in [4.78, 5) is 11.3. The standard InChI is InChI=1S/C11H17NO/c1-3-4-5-11(13)12-10-7-6-9(2)8-10/h1,9-10H,4-8H2,2H3,(H,12,13). The summed E-state index contributed by atoms with van der Waals surface area (Å²) in [5.41, 5.74) is 0. The van der Waals surface area contributed by atoms with E-state index in [2.05, 4.69) is 18.2 Å². The molecule has 0 saturated heterocycles. The van der Waals surface area contributed by atoms with Crippen molar-refractivity contribution in [2.75, 3.05) is 0 Å². The number of rotatable bonds is 3. The first kappa shape index (κ1) is 10.1. The molecule has 1 fully saturated rings. The number of carbonyl (C=O) groups is 1. The smallest absolute Gasteiger partial charge is 0.221 e. The zero-order valence-corrected chi connectivity index (χ0v) is 8.18. The fraction of sp³-hybridized carbons (Fsp3) is 0.727. The number of carbonyl (C=O) groups excluding carboxylic acids is 1. The van der Waals surface area contributed by atoms with Gasteiger partial charge >= 0.3 is 0 Å². The second-order valence-corrected chi connectivity index (χ2v) is 3.89. The quantitative estimate of drug-likeness (QED) is 0.656. The molecule has 0 aromatic rings. The van der Waals surface area contributed by atoms with E-state index in [0.29, 0.717) is 18.9 Å². The molecule has 1 N–H and O–H groups in total. The largest absolute Gasteiger partial charge is 0.353 e. The first-order chi connectivity index (χ1) is 6.22. The minimum Gasteiger partial charge on any atom is -0.353 e. The third kappa shape index (κ3) is 3.50. The highest BCUT2D eigenvalue weighted by Crippen LogP contribution is 2.24. The topological polar surface area (TPSA) is 29.1 Å². The molecule has 13 heavy (non-hydrogen) atoms. The molecule has 2 heteroatoms. The molecule has 0 heterocycles. The van der Waals surface area contributed by atoms with Gasteiger partial charge in [-0.3, -0.25) is 4.79 Å². The Hall–Kier alpha value is -0.970. The van der Waals surface area contributed by atoms with Crippen LogP contribution in [0.25, 0.3) is 0 Å². The van der Waals surface area contributed by atoms with Gasteiger partial charge in [-0.25, -0.2) is 0 Å². The van der Waals surface area contributed by atoms with Crippen LogP contribution in [-0.2, 0) is 4.79 Å². The van der Waals surface area contributed by atoms with Crippen LogP contribution in [0.3, 0.4) is 0 Å². The maximum absolute atomic E-state index is 11.3. The average molecular weight is 179 g/mol. The van der Waals surface area contributed by atoms with Crippen molar-refractivity contribution in [1.29, 1.82) is 0 Å². The lowest BCUT2D eigenvalue weighted by molar-refractivity contribution is -0.121. The van der Waals surface area contributed by atoms with Crippen LogP contribution in [0.2, 0.25) is 0 Å². The molecule has 1 rings (SSSR count). The van der Waals surface area contributed by atoms with Crippen LogP contribution in [0.15, 0.2) is 0 Å². The fourth-order valence-corrected chi connectivity index (χ4v) is 1.82. The maximum atomic E-state index is 11.3. The van der Waals surface area contributed by atoms with Crippen LogP contribution in [0.5, 0.6) is 0 Å². The Bertz CT molecular complexity index is 217. The summed E-state index contributed by atoms with van der Waals surface area (Å²) in [5.74, 6) is 3.34. The van der Waals surface area contributed by atoms with Gasteiger partial charge < -0.3 is 5.32 Å². The molecule has 1 aliphatic rings. The lowest BCUT2D eigenvalue weighted by Gasteiger charge is -2.11. The van der Waals surface area contributed by atoms with Gasteiger partial charge in [0.2, 0.25) is 5.91 Å². The molecule has 0 aromatic carbocycles. The van der Waals surface area contributed by atoms with Crippen LogP contribution in [0.4, 0.5) is 0 Å². The van der Waals surface area contributed by atoms with Crippen molar-refractivity contribution in [3.8, 4) is 12.3 Å². The Kier molecular flexibility index (Phi) is 3.82. The molecule has 1 amide bonds. The molecular formula is C11H17NO. The monoisotopic (exact) mass is 179 g/mol. The van der Waals surface area contributed by atoms with Crippen molar-refractivity contribution in [2.24, 2.45) is 5.92 Å². The van der Waals surface area contributed by atoms with Crippen molar-refractivity contribution in [3.05, 3.63) is 0 Å². The molecule has 2 nitrogen and oxygen atoms in total. The molecule has 0 radical (unpaired) electrons. The molecule has 2 atom stereocenters. The normalized spacial score (nSPS) is 26.8. The molecule has 0 aromatic heterocycles. The van der Waals surface area contributed by atoms with Gasteiger partial charge in [0.05, 0.1) is 0 Å². The summed E-state index contributed by atoms with van der Waals surface area (Å²) in [6.45, 7) is 2.23. The van der Waals surface area contributed by atoms with E-state index in [1.54, 1.807) is 0 Å². The number of hydrogen-bond donors (Lipinski definition) is 1. The summed E-state index contributed by atoms with van der Waals surface area (Å²) >= 11 is 0. The zero-order valence-electron chi connectivity index (χ0n) is 8.18. The second kappa shape index (κ2) is 4.91. The summed E-state index contributed by atoms with van der Waals surface area (Å²) in [7, 11) is 0. The average Bonchev–Trinajstić information content (AvgIpc) is 2.48. The molecule has 1 aliphatic carbocycles. The molecule has 1 saturated carbocycles. The van der Waals surface area contributed by atoms with Crippen LogP contribution >= 0.6 is 0 Å².